The van der Waals surface area contributed by atoms with Crippen LogP contribution >= 0.6 is 0 Å². The van der Waals surface area contributed by atoms with Gasteiger partial charge in [-0.15, -0.1) is 0 Å². The van der Waals surface area contributed by atoms with Gasteiger partial charge >= 0.3 is 0 Å². The van der Waals surface area contributed by atoms with Crippen LogP contribution in [-0.2, 0) is 4.74 Å². The summed E-state index contributed by atoms with van der Waals surface area (Å²) in [6.45, 7) is 1.27. The van der Waals surface area contributed by atoms with Gasteiger partial charge in [0.2, 0.25) is 17.8 Å². The number of methoxy groups -OCH3 is 1. The summed E-state index contributed by atoms with van der Waals surface area (Å²) in [4.78, 5) is 14.5. The molecular weight excluding hydrogens is 208 g/mol. The molecule has 1 rings (SSSR count). The molecule has 1 aromatic heterocycles. The van der Waals surface area contributed by atoms with Crippen LogP contribution in [0.15, 0.2) is 0 Å². The van der Waals surface area contributed by atoms with E-state index in [4.69, 9.17) is 4.74 Å². The average Bonchev–Trinajstić information content (AvgIpc) is 2.29. The van der Waals surface area contributed by atoms with Gasteiger partial charge in [-0.3, -0.25) is 0 Å². The van der Waals surface area contributed by atoms with Gasteiger partial charge in [0.05, 0.1) is 6.61 Å². The topological polar surface area (TPSA) is 75.2 Å². The Bertz CT molecular complexity index is 330. The van der Waals surface area contributed by atoms with Crippen LogP contribution in [0.1, 0.15) is 0 Å². The maximum atomic E-state index is 4.94. The van der Waals surface area contributed by atoms with E-state index in [-0.39, 0.29) is 0 Å². The molecular formula is C9H18N6O. The van der Waals surface area contributed by atoms with Crippen molar-refractivity contribution in [3.05, 3.63) is 0 Å². The van der Waals surface area contributed by atoms with Crippen LogP contribution in [-0.4, -0.2) is 56.4 Å². The van der Waals surface area contributed by atoms with Gasteiger partial charge in [-0.25, -0.2) is 0 Å². The summed E-state index contributed by atoms with van der Waals surface area (Å²) in [6.07, 6.45) is 0. The molecule has 0 saturated carbocycles. The second-order valence-electron chi connectivity index (χ2n) is 3.35. The molecule has 0 saturated heterocycles. The number of anilines is 3. The minimum absolute atomic E-state index is 0.540. The molecule has 0 unspecified atom stereocenters. The lowest BCUT2D eigenvalue weighted by molar-refractivity contribution is 0.210. The fourth-order valence-electron chi connectivity index (χ4n) is 1.02. The van der Waals surface area contributed by atoms with Crippen molar-refractivity contribution in [3.8, 4) is 0 Å². The lowest BCUT2D eigenvalue weighted by Crippen LogP contribution is -2.17. The summed E-state index contributed by atoms with van der Waals surface area (Å²) in [6, 6.07) is 0. The van der Waals surface area contributed by atoms with Gasteiger partial charge in [0.25, 0.3) is 0 Å². The predicted molar refractivity (Wildman–Crippen MR) is 64.1 cm³/mol. The zero-order chi connectivity index (χ0) is 12.0. The monoisotopic (exact) mass is 226 g/mol. The third kappa shape index (κ3) is 3.50. The molecule has 90 valence electrons. The van der Waals surface area contributed by atoms with E-state index in [2.05, 4.69) is 25.6 Å². The van der Waals surface area contributed by atoms with Gasteiger partial charge in [0.1, 0.15) is 0 Å². The molecule has 0 atom stereocenters. The molecule has 0 radical (unpaired) electrons. The normalized spacial score (nSPS) is 10.0. The van der Waals surface area contributed by atoms with E-state index in [1.54, 1.807) is 14.2 Å². The van der Waals surface area contributed by atoms with Crippen LogP contribution in [0.25, 0.3) is 0 Å². The first-order valence-electron chi connectivity index (χ1n) is 5.01. The molecule has 1 heterocycles. The first-order chi connectivity index (χ1) is 7.67. The highest BCUT2D eigenvalue weighted by atomic mass is 16.5. The van der Waals surface area contributed by atoms with Crippen LogP contribution in [0.5, 0.6) is 0 Å². The number of ether oxygens (including phenoxy) is 1. The second kappa shape index (κ2) is 6.06. The zero-order valence-electron chi connectivity index (χ0n) is 10.1. The Morgan fingerprint density at radius 1 is 1.19 bits per heavy atom. The quantitative estimate of drug-likeness (QED) is 0.663. The highest BCUT2D eigenvalue weighted by Gasteiger charge is 2.06. The molecule has 0 bridgehead atoms. The standard InChI is InChI=1S/C9H18N6O/c1-10-7-12-8(11-5-6-16-4)14-9(13-7)15(2)3/h5-6H2,1-4H3,(H2,10,11,12,13,14). The van der Waals surface area contributed by atoms with Gasteiger partial charge in [-0.1, -0.05) is 0 Å². The Morgan fingerprint density at radius 3 is 2.44 bits per heavy atom. The highest BCUT2D eigenvalue weighted by Crippen LogP contribution is 2.10. The summed E-state index contributed by atoms with van der Waals surface area (Å²) < 4.78 is 4.94. The summed E-state index contributed by atoms with van der Waals surface area (Å²) in [5.41, 5.74) is 0. The lowest BCUT2D eigenvalue weighted by atomic mass is 10.6. The number of aromatic nitrogens is 3. The van der Waals surface area contributed by atoms with Crippen molar-refractivity contribution < 1.29 is 4.74 Å². The molecule has 0 aliphatic rings. The van der Waals surface area contributed by atoms with Crippen molar-refractivity contribution in [1.82, 2.24) is 15.0 Å². The van der Waals surface area contributed by atoms with E-state index in [0.29, 0.717) is 31.0 Å². The van der Waals surface area contributed by atoms with E-state index in [1.807, 2.05) is 19.0 Å². The fourth-order valence-corrected chi connectivity index (χ4v) is 1.02. The van der Waals surface area contributed by atoms with E-state index in [0.717, 1.165) is 0 Å². The third-order valence-corrected chi connectivity index (χ3v) is 1.84. The van der Waals surface area contributed by atoms with Crippen molar-refractivity contribution in [3.63, 3.8) is 0 Å². The zero-order valence-corrected chi connectivity index (χ0v) is 10.1. The van der Waals surface area contributed by atoms with Crippen LogP contribution in [0.2, 0.25) is 0 Å². The maximum Gasteiger partial charge on any atom is 0.231 e. The van der Waals surface area contributed by atoms with Gasteiger partial charge in [0.15, 0.2) is 0 Å². The van der Waals surface area contributed by atoms with Gasteiger partial charge in [0, 0.05) is 34.8 Å². The number of nitrogens with zero attached hydrogens (tertiary/aromatic N) is 4. The summed E-state index contributed by atoms with van der Waals surface area (Å²) >= 11 is 0. The Kier molecular flexibility index (Phi) is 4.71. The summed E-state index contributed by atoms with van der Waals surface area (Å²) in [5.74, 6) is 1.69. The van der Waals surface area contributed by atoms with Crippen molar-refractivity contribution in [1.29, 1.82) is 0 Å². The SMILES string of the molecule is CNc1nc(NCCOC)nc(N(C)C)n1. The van der Waals surface area contributed by atoms with E-state index >= 15 is 0 Å². The number of hydrogen-bond acceptors (Lipinski definition) is 7. The first-order valence-corrected chi connectivity index (χ1v) is 5.01. The Balaban J connectivity index is 2.78. The van der Waals surface area contributed by atoms with E-state index in [1.165, 1.54) is 0 Å². The molecule has 0 fully saturated rings. The van der Waals surface area contributed by atoms with Crippen molar-refractivity contribution >= 4 is 17.8 Å². The van der Waals surface area contributed by atoms with Gasteiger partial charge in [-0.05, 0) is 0 Å². The molecule has 0 aromatic carbocycles. The third-order valence-electron chi connectivity index (χ3n) is 1.84. The predicted octanol–water partition coefficient (Wildman–Crippen LogP) is 0.0376. The Morgan fingerprint density at radius 2 is 1.88 bits per heavy atom. The van der Waals surface area contributed by atoms with Crippen LogP contribution in [0.3, 0.4) is 0 Å². The van der Waals surface area contributed by atoms with Crippen LogP contribution < -0.4 is 15.5 Å². The largest absolute Gasteiger partial charge is 0.383 e. The van der Waals surface area contributed by atoms with Crippen LogP contribution in [0.4, 0.5) is 17.8 Å². The average molecular weight is 226 g/mol. The molecule has 0 amide bonds. The second-order valence-corrected chi connectivity index (χ2v) is 3.35. The molecule has 1 aromatic rings. The Hall–Kier alpha value is -1.63. The van der Waals surface area contributed by atoms with Crippen molar-refractivity contribution in [2.45, 2.75) is 0 Å². The Labute approximate surface area is 95.3 Å². The molecule has 0 spiro atoms. The van der Waals surface area contributed by atoms with Crippen molar-refractivity contribution in [2.75, 3.05) is 56.9 Å². The molecule has 2 N–H and O–H groups in total. The van der Waals surface area contributed by atoms with Gasteiger partial charge < -0.3 is 20.3 Å². The van der Waals surface area contributed by atoms with E-state index in [9.17, 15) is 0 Å². The number of nitrogens with one attached hydrogen (secondary N) is 2. The fraction of sp³-hybridized carbons (Fsp3) is 0.667. The summed E-state index contributed by atoms with van der Waals surface area (Å²) in [5, 5.41) is 5.95. The van der Waals surface area contributed by atoms with Crippen LogP contribution in [0, 0.1) is 0 Å². The molecule has 16 heavy (non-hydrogen) atoms. The van der Waals surface area contributed by atoms with Crippen molar-refractivity contribution in [2.24, 2.45) is 0 Å². The molecule has 7 nitrogen and oxygen atoms in total. The minimum Gasteiger partial charge on any atom is -0.383 e. The number of hydrogen-bond donors (Lipinski definition) is 2. The van der Waals surface area contributed by atoms with Gasteiger partial charge in [-0.2, -0.15) is 15.0 Å². The van der Waals surface area contributed by atoms with E-state index < -0.39 is 0 Å². The number of rotatable bonds is 6. The smallest absolute Gasteiger partial charge is 0.231 e. The molecule has 0 aliphatic heterocycles. The first kappa shape index (κ1) is 12.4. The highest BCUT2D eigenvalue weighted by molar-refractivity contribution is 5.42. The maximum absolute atomic E-state index is 4.94. The minimum atomic E-state index is 0.540. The summed E-state index contributed by atoms with van der Waals surface area (Å²) in [7, 11) is 7.19. The lowest BCUT2D eigenvalue weighted by Gasteiger charge is -2.13. The molecule has 7 heteroatoms. The molecule has 0 aliphatic carbocycles.